The number of nitrogens with one attached hydrogen (secondary N) is 2. The summed E-state index contributed by atoms with van der Waals surface area (Å²) in [7, 11) is 0. The molecular weight excluding hydrogens is 222 g/mol. The fourth-order valence-electron chi connectivity index (χ4n) is 2.06. The standard InChI is InChI=1S/C10H17N5O2/c1-3-15(4-2-11-1)10-12-9(13-14-10)8-7-16-5-6-17-8/h8,11H,1-7H2,(H,12,13,14). The fraction of sp³-hybridized carbons (Fsp3) is 0.800. The zero-order valence-electron chi connectivity index (χ0n) is 9.69. The minimum atomic E-state index is -0.104. The van der Waals surface area contributed by atoms with Gasteiger partial charge < -0.3 is 19.7 Å². The van der Waals surface area contributed by atoms with Crippen molar-refractivity contribution < 1.29 is 9.47 Å². The van der Waals surface area contributed by atoms with Crippen LogP contribution in [0.3, 0.4) is 0 Å². The van der Waals surface area contributed by atoms with Gasteiger partial charge in [-0.3, -0.25) is 5.10 Å². The molecule has 0 radical (unpaired) electrons. The molecule has 0 spiro atoms. The van der Waals surface area contributed by atoms with Crippen molar-refractivity contribution in [3.05, 3.63) is 5.82 Å². The van der Waals surface area contributed by atoms with Gasteiger partial charge in [-0.2, -0.15) is 4.98 Å². The number of ether oxygens (including phenoxy) is 2. The van der Waals surface area contributed by atoms with Crippen molar-refractivity contribution in [1.82, 2.24) is 20.5 Å². The number of aromatic nitrogens is 3. The molecule has 7 nitrogen and oxygen atoms in total. The third-order valence-corrected chi connectivity index (χ3v) is 3.01. The minimum Gasteiger partial charge on any atom is -0.376 e. The summed E-state index contributed by atoms with van der Waals surface area (Å²) in [5.74, 6) is 1.52. The quantitative estimate of drug-likeness (QED) is 0.711. The first-order valence-corrected chi connectivity index (χ1v) is 6.01. The van der Waals surface area contributed by atoms with Gasteiger partial charge in [-0.05, 0) is 0 Å². The second-order valence-corrected chi connectivity index (χ2v) is 4.19. The largest absolute Gasteiger partial charge is 0.376 e. The van der Waals surface area contributed by atoms with Crippen molar-refractivity contribution >= 4 is 5.95 Å². The van der Waals surface area contributed by atoms with E-state index in [1.165, 1.54) is 0 Å². The highest BCUT2D eigenvalue weighted by atomic mass is 16.6. The average Bonchev–Trinajstić information content (AvgIpc) is 2.90. The van der Waals surface area contributed by atoms with Gasteiger partial charge in [-0.1, -0.05) is 0 Å². The number of hydrogen-bond donors (Lipinski definition) is 2. The summed E-state index contributed by atoms with van der Waals surface area (Å²) in [6.07, 6.45) is -0.104. The number of H-pyrrole nitrogens is 1. The zero-order valence-corrected chi connectivity index (χ0v) is 9.69. The highest BCUT2D eigenvalue weighted by molar-refractivity contribution is 5.29. The Balaban J connectivity index is 1.68. The zero-order chi connectivity index (χ0) is 11.5. The lowest BCUT2D eigenvalue weighted by molar-refractivity contribution is -0.0933. The molecule has 1 unspecified atom stereocenters. The van der Waals surface area contributed by atoms with E-state index in [0.29, 0.717) is 19.8 Å². The average molecular weight is 239 g/mol. The van der Waals surface area contributed by atoms with Crippen LogP contribution in [-0.4, -0.2) is 61.2 Å². The fourth-order valence-corrected chi connectivity index (χ4v) is 2.06. The summed E-state index contributed by atoms with van der Waals surface area (Å²) in [5.41, 5.74) is 0. The second-order valence-electron chi connectivity index (χ2n) is 4.19. The van der Waals surface area contributed by atoms with Gasteiger partial charge in [0.15, 0.2) is 5.82 Å². The van der Waals surface area contributed by atoms with Crippen molar-refractivity contribution in [2.75, 3.05) is 50.9 Å². The Kier molecular flexibility index (Phi) is 3.21. The lowest BCUT2D eigenvalue weighted by Crippen LogP contribution is -2.44. The number of aromatic amines is 1. The molecule has 1 aromatic rings. The van der Waals surface area contributed by atoms with Crippen LogP contribution in [0.1, 0.15) is 11.9 Å². The van der Waals surface area contributed by atoms with Crippen LogP contribution in [0.2, 0.25) is 0 Å². The Labute approximate surface area is 99.5 Å². The molecule has 2 fully saturated rings. The van der Waals surface area contributed by atoms with Crippen molar-refractivity contribution in [1.29, 1.82) is 0 Å². The number of hydrogen-bond acceptors (Lipinski definition) is 6. The van der Waals surface area contributed by atoms with Crippen molar-refractivity contribution in [2.24, 2.45) is 0 Å². The highest BCUT2D eigenvalue weighted by Crippen LogP contribution is 2.19. The van der Waals surface area contributed by atoms with Crippen molar-refractivity contribution in [3.63, 3.8) is 0 Å². The predicted molar refractivity (Wildman–Crippen MR) is 61.0 cm³/mol. The Morgan fingerprint density at radius 1 is 1.24 bits per heavy atom. The maximum Gasteiger partial charge on any atom is 0.244 e. The normalized spacial score (nSPS) is 26.1. The van der Waals surface area contributed by atoms with E-state index in [2.05, 4.69) is 25.4 Å². The van der Waals surface area contributed by atoms with E-state index in [4.69, 9.17) is 9.47 Å². The van der Waals surface area contributed by atoms with Crippen LogP contribution in [0.15, 0.2) is 0 Å². The number of piperazine rings is 1. The Morgan fingerprint density at radius 3 is 2.88 bits per heavy atom. The molecule has 17 heavy (non-hydrogen) atoms. The molecule has 0 aliphatic carbocycles. The van der Waals surface area contributed by atoms with Crippen LogP contribution >= 0.6 is 0 Å². The van der Waals surface area contributed by atoms with Gasteiger partial charge in [0.1, 0.15) is 6.10 Å². The summed E-state index contributed by atoms with van der Waals surface area (Å²) in [5, 5.41) is 10.5. The van der Waals surface area contributed by atoms with E-state index in [-0.39, 0.29) is 6.10 Å². The van der Waals surface area contributed by atoms with Gasteiger partial charge in [0, 0.05) is 26.2 Å². The third kappa shape index (κ3) is 2.41. The van der Waals surface area contributed by atoms with Crippen LogP contribution < -0.4 is 10.2 Å². The van der Waals surface area contributed by atoms with Gasteiger partial charge in [-0.25, -0.2) is 0 Å². The SMILES string of the molecule is C1CN(c2n[nH]c(C3COCCO3)n2)CCN1. The molecule has 2 N–H and O–H groups in total. The van der Waals surface area contributed by atoms with E-state index >= 15 is 0 Å². The molecule has 1 aromatic heterocycles. The Bertz CT molecular complexity index is 325. The van der Waals surface area contributed by atoms with E-state index in [0.717, 1.165) is 38.0 Å². The van der Waals surface area contributed by atoms with Crippen molar-refractivity contribution in [2.45, 2.75) is 6.10 Å². The van der Waals surface area contributed by atoms with Crippen LogP contribution in [0.25, 0.3) is 0 Å². The molecular formula is C10H17N5O2. The number of rotatable bonds is 2. The molecule has 2 aliphatic rings. The van der Waals surface area contributed by atoms with Gasteiger partial charge in [0.2, 0.25) is 5.95 Å². The maximum absolute atomic E-state index is 5.58. The van der Waals surface area contributed by atoms with Crippen LogP contribution in [0.4, 0.5) is 5.95 Å². The summed E-state index contributed by atoms with van der Waals surface area (Å²) >= 11 is 0. The molecule has 94 valence electrons. The smallest absolute Gasteiger partial charge is 0.244 e. The summed E-state index contributed by atoms with van der Waals surface area (Å²) in [6.45, 7) is 5.68. The summed E-state index contributed by atoms with van der Waals surface area (Å²) in [4.78, 5) is 6.65. The van der Waals surface area contributed by atoms with Crippen LogP contribution in [0, 0.1) is 0 Å². The first kappa shape index (κ1) is 10.9. The van der Waals surface area contributed by atoms with Gasteiger partial charge in [0.05, 0.1) is 19.8 Å². The highest BCUT2D eigenvalue weighted by Gasteiger charge is 2.22. The minimum absolute atomic E-state index is 0.104. The molecule has 7 heteroatoms. The first-order valence-electron chi connectivity index (χ1n) is 6.01. The lowest BCUT2D eigenvalue weighted by atomic mass is 10.3. The van der Waals surface area contributed by atoms with Crippen LogP contribution in [0.5, 0.6) is 0 Å². The topological polar surface area (TPSA) is 75.3 Å². The molecule has 3 heterocycles. The van der Waals surface area contributed by atoms with Crippen LogP contribution in [-0.2, 0) is 9.47 Å². The molecule has 0 bridgehead atoms. The summed E-state index contributed by atoms with van der Waals surface area (Å²) < 4.78 is 10.9. The van der Waals surface area contributed by atoms with Crippen molar-refractivity contribution in [3.8, 4) is 0 Å². The lowest BCUT2D eigenvalue weighted by Gasteiger charge is -2.26. The number of anilines is 1. The van der Waals surface area contributed by atoms with Gasteiger partial charge in [-0.15, -0.1) is 5.10 Å². The Hall–Kier alpha value is -1.18. The molecule has 0 amide bonds. The molecule has 3 rings (SSSR count). The van der Waals surface area contributed by atoms with E-state index in [9.17, 15) is 0 Å². The molecule has 0 aromatic carbocycles. The molecule has 2 saturated heterocycles. The second kappa shape index (κ2) is 4.99. The first-order chi connectivity index (χ1) is 8.43. The van der Waals surface area contributed by atoms with E-state index in [1.54, 1.807) is 0 Å². The number of nitrogens with zero attached hydrogens (tertiary/aromatic N) is 3. The molecule has 0 saturated carbocycles. The third-order valence-electron chi connectivity index (χ3n) is 3.01. The van der Waals surface area contributed by atoms with E-state index in [1.807, 2.05) is 0 Å². The Morgan fingerprint density at radius 2 is 2.12 bits per heavy atom. The van der Waals surface area contributed by atoms with Gasteiger partial charge in [0.25, 0.3) is 0 Å². The molecule has 1 atom stereocenters. The monoisotopic (exact) mass is 239 g/mol. The van der Waals surface area contributed by atoms with E-state index < -0.39 is 0 Å². The predicted octanol–water partition coefficient (Wildman–Crippen LogP) is -0.698. The maximum atomic E-state index is 5.58. The summed E-state index contributed by atoms with van der Waals surface area (Å²) in [6, 6.07) is 0. The van der Waals surface area contributed by atoms with Gasteiger partial charge >= 0.3 is 0 Å². The molecule has 2 aliphatic heterocycles.